The third kappa shape index (κ3) is 6.70. The number of rotatable bonds is 9. The zero-order valence-corrected chi connectivity index (χ0v) is 24.4. The third-order valence-corrected chi connectivity index (χ3v) is 7.75. The number of likely N-dealkylation sites (N-methyl/N-ethyl adjacent to an activating group) is 1. The lowest BCUT2D eigenvalue weighted by molar-refractivity contribution is 0.264. The monoisotopic (exact) mass is 556 g/mol. The fraction of sp³-hybridized carbons (Fsp3) is 0.257. The highest BCUT2D eigenvalue weighted by molar-refractivity contribution is 5.71. The number of aromatic nitrogens is 4. The van der Waals surface area contributed by atoms with Gasteiger partial charge in [0.2, 0.25) is 5.88 Å². The van der Waals surface area contributed by atoms with E-state index in [-0.39, 0.29) is 0 Å². The van der Waals surface area contributed by atoms with Gasteiger partial charge in [0.05, 0.1) is 5.69 Å². The summed E-state index contributed by atoms with van der Waals surface area (Å²) in [6, 6.07) is 29.4. The number of ether oxygens (including phenoxy) is 1. The molecular formula is C35H36N6O. The minimum absolute atomic E-state index is 0.413. The predicted octanol–water partition coefficient (Wildman–Crippen LogP) is 6.29. The van der Waals surface area contributed by atoms with Crippen molar-refractivity contribution in [2.24, 2.45) is 0 Å². The molecule has 0 spiro atoms. The Bertz CT molecular complexity index is 1640. The minimum atomic E-state index is 0.413. The molecule has 4 heterocycles. The maximum atomic E-state index is 6.14. The van der Waals surface area contributed by atoms with Crippen LogP contribution in [0.25, 0.3) is 33.9 Å². The van der Waals surface area contributed by atoms with Gasteiger partial charge in [-0.3, -0.25) is 9.88 Å². The maximum absolute atomic E-state index is 6.14. The van der Waals surface area contributed by atoms with E-state index in [1.165, 1.54) is 12.0 Å². The average Bonchev–Trinajstić information content (AvgIpc) is 3.50. The van der Waals surface area contributed by atoms with Crippen molar-refractivity contribution in [1.82, 2.24) is 29.7 Å². The van der Waals surface area contributed by atoms with Crippen molar-refractivity contribution in [3.05, 3.63) is 114 Å². The van der Waals surface area contributed by atoms with Crippen LogP contribution in [0.1, 0.15) is 23.2 Å². The fourth-order valence-electron chi connectivity index (χ4n) is 5.34. The van der Waals surface area contributed by atoms with E-state index in [2.05, 4.69) is 64.2 Å². The largest absolute Gasteiger partial charge is 0.473 e. The molecule has 0 N–H and O–H groups in total. The Morgan fingerprint density at radius 3 is 2.36 bits per heavy atom. The molecule has 0 aliphatic carbocycles. The van der Waals surface area contributed by atoms with Gasteiger partial charge >= 0.3 is 0 Å². The molecule has 6 rings (SSSR count). The van der Waals surface area contributed by atoms with Crippen LogP contribution in [-0.4, -0.2) is 63.0 Å². The van der Waals surface area contributed by atoms with Crippen LogP contribution in [0.4, 0.5) is 0 Å². The molecule has 7 nitrogen and oxygen atoms in total. The smallest absolute Gasteiger partial charge is 0.217 e. The Morgan fingerprint density at radius 2 is 1.60 bits per heavy atom. The highest BCUT2D eigenvalue weighted by Crippen LogP contribution is 2.29. The summed E-state index contributed by atoms with van der Waals surface area (Å²) >= 11 is 0. The predicted molar refractivity (Wildman–Crippen MR) is 167 cm³/mol. The Kier molecular flexibility index (Phi) is 8.30. The van der Waals surface area contributed by atoms with Crippen LogP contribution in [0.15, 0.2) is 97.3 Å². The van der Waals surface area contributed by atoms with Crippen molar-refractivity contribution >= 4 is 0 Å². The van der Waals surface area contributed by atoms with E-state index < -0.39 is 0 Å². The number of nitrogens with zero attached hydrogens (tertiary/aromatic N) is 6. The highest BCUT2D eigenvalue weighted by Gasteiger charge is 2.23. The van der Waals surface area contributed by atoms with E-state index >= 15 is 0 Å². The van der Waals surface area contributed by atoms with Crippen molar-refractivity contribution < 1.29 is 4.74 Å². The summed E-state index contributed by atoms with van der Waals surface area (Å²) in [6.45, 7) is 5.62. The van der Waals surface area contributed by atoms with Crippen molar-refractivity contribution in [3.8, 4) is 39.8 Å². The zero-order chi connectivity index (χ0) is 28.9. The summed E-state index contributed by atoms with van der Waals surface area (Å²) in [6.07, 6.45) is 4.97. The van der Waals surface area contributed by atoms with Crippen molar-refractivity contribution in [1.29, 1.82) is 0 Å². The first-order valence-corrected chi connectivity index (χ1v) is 14.4. The first-order valence-electron chi connectivity index (χ1n) is 14.4. The molecule has 0 bridgehead atoms. The number of benzene rings is 2. The molecule has 1 saturated heterocycles. The van der Waals surface area contributed by atoms with Gasteiger partial charge in [0.1, 0.15) is 12.3 Å². The van der Waals surface area contributed by atoms with Gasteiger partial charge in [0, 0.05) is 61.0 Å². The van der Waals surface area contributed by atoms with Crippen LogP contribution < -0.4 is 4.74 Å². The number of hydrogen-bond acceptors (Lipinski definition) is 7. The second-order valence-electron chi connectivity index (χ2n) is 11.2. The molecule has 1 fully saturated rings. The SMILES string of the molecule is Cc1cccc(-c2nc(OCc3ccccc3)cc(-c3cncc(-c4ccc(CN5CCC(N(C)C)C5)cc4)c3)n2)n1. The molecule has 3 aromatic heterocycles. The lowest BCUT2D eigenvalue weighted by Gasteiger charge is -2.20. The molecule has 1 aliphatic rings. The van der Waals surface area contributed by atoms with Crippen molar-refractivity contribution in [2.75, 3.05) is 27.2 Å². The molecule has 42 heavy (non-hydrogen) atoms. The van der Waals surface area contributed by atoms with Crippen molar-refractivity contribution in [2.45, 2.75) is 32.5 Å². The molecule has 1 atom stereocenters. The van der Waals surface area contributed by atoms with Crippen LogP contribution in [0.2, 0.25) is 0 Å². The summed E-state index contributed by atoms with van der Waals surface area (Å²) in [4.78, 5) is 23.7. The van der Waals surface area contributed by atoms with Gasteiger partial charge in [-0.15, -0.1) is 0 Å². The Hall–Kier alpha value is -4.46. The van der Waals surface area contributed by atoms with Gasteiger partial charge in [-0.25, -0.2) is 9.97 Å². The molecule has 0 saturated carbocycles. The summed E-state index contributed by atoms with van der Waals surface area (Å²) in [5.41, 5.74) is 7.80. The summed E-state index contributed by atoms with van der Waals surface area (Å²) in [5, 5.41) is 0. The van der Waals surface area contributed by atoms with E-state index in [0.717, 1.165) is 53.3 Å². The lowest BCUT2D eigenvalue weighted by Crippen LogP contribution is -2.31. The molecule has 1 aliphatic heterocycles. The number of likely N-dealkylation sites (tertiary alicyclic amines) is 1. The van der Waals surface area contributed by atoms with E-state index in [0.29, 0.717) is 30.0 Å². The topological polar surface area (TPSA) is 67.3 Å². The second-order valence-corrected chi connectivity index (χ2v) is 11.2. The number of pyridine rings is 2. The van der Waals surface area contributed by atoms with Gasteiger partial charge in [0.15, 0.2) is 5.82 Å². The summed E-state index contributed by atoms with van der Waals surface area (Å²) < 4.78 is 6.14. The number of aryl methyl sites for hydroxylation is 1. The molecule has 0 radical (unpaired) electrons. The van der Waals surface area contributed by atoms with E-state index in [9.17, 15) is 0 Å². The van der Waals surface area contributed by atoms with Crippen LogP contribution >= 0.6 is 0 Å². The average molecular weight is 557 g/mol. The van der Waals surface area contributed by atoms with Crippen LogP contribution in [-0.2, 0) is 13.2 Å². The fourth-order valence-corrected chi connectivity index (χ4v) is 5.34. The van der Waals surface area contributed by atoms with Crippen LogP contribution in [0.5, 0.6) is 5.88 Å². The minimum Gasteiger partial charge on any atom is -0.473 e. The normalized spacial score (nSPS) is 15.3. The Labute approximate surface area is 247 Å². The molecule has 5 aromatic rings. The quantitative estimate of drug-likeness (QED) is 0.211. The molecule has 0 amide bonds. The van der Waals surface area contributed by atoms with Crippen LogP contribution in [0, 0.1) is 6.92 Å². The van der Waals surface area contributed by atoms with Gasteiger partial charge in [0.25, 0.3) is 0 Å². The van der Waals surface area contributed by atoms with E-state index in [4.69, 9.17) is 14.7 Å². The maximum Gasteiger partial charge on any atom is 0.217 e. The second kappa shape index (κ2) is 12.6. The van der Waals surface area contributed by atoms with Gasteiger partial charge in [-0.2, -0.15) is 4.98 Å². The third-order valence-electron chi connectivity index (χ3n) is 7.75. The molecule has 1 unspecified atom stereocenters. The Morgan fingerprint density at radius 1 is 0.786 bits per heavy atom. The first-order chi connectivity index (χ1) is 20.5. The van der Waals surface area contributed by atoms with E-state index in [1.54, 1.807) is 0 Å². The Balaban J connectivity index is 1.25. The molecule has 212 valence electrons. The summed E-state index contributed by atoms with van der Waals surface area (Å²) in [5.74, 6) is 1.02. The highest BCUT2D eigenvalue weighted by atomic mass is 16.5. The number of hydrogen-bond donors (Lipinski definition) is 0. The van der Waals surface area contributed by atoms with E-state index in [1.807, 2.05) is 73.9 Å². The van der Waals surface area contributed by atoms with Crippen LogP contribution in [0.3, 0.4) is 0 Å². The zero-order valence-electron chi connectivity index (χ0n) is 24.4. The first kappa shape index (κ1) is 27.7. The molecular weight excluding hydrogens is 520 g/mol. The van der Waals surface area contributed by atoms with Gasteiger partial charge in [-0.05, 0) is 62.3 Å². The van der Waals surface area contributed by atoms with Gasteiger partial charge < -0.3 is 9.64 Å². The van der Waals surface area contributed by atoms with Gasteiger partial charge in [-0.1, -0.05) is 60.7 Å². The molecule has 7 heteroatoms. The van der Waals surface area contributed by atoms with Crippen molar-refractivity contribution in [3.63, 3.8) is 0 Å². The standard InChI is InChI=1S/C35H36N6O/c1-25-8-7-11-32(37-25)35-38-33(19-34(39-35)42-24-27-9-5-4-6-10-27)30-18-29(20-36-21-30)28-14-12-26(13-15-28)22-41-17-16-31(23-41)40(2)3/h4-15,18-21,31H,16-17,22-24H2,1-3H3. The molecule has 2 aromatic carbocycles. The summed E-state index contributed by atoms with van der Waals surface area (Å²) in [7, 11) is 4.34. The lowest BCUT2D eigenvalue weighted by atomic mass is 10.0.